The van der Waals surface area contributed by atoms with Crippen LogP contribution in [0.1, 0.15) is 49.4 Å². The summed E-state index contributed by atoms with van der Waals surface area (Å²) in [6.45, 7) is 8.28. The molecule has 1 heterocycles. The lowest BCUT2D eigenvalue weighted by Crippen LogP contribution is -2.28. The van der Waals surface area contributed by atoms with E-state index >= 15 is 0 Å². The van der Waals surface area contributed by atoms with Gasteiger partial charge in [-0.05, 0) is 48.6 Å². The first-order chi connectivity index (χ1) is 13.8. The van der Waals surface area contributed by atoms with Crippen molar-refractivity contribution in [2.24, 2.45) is 0 Å². The molecule has 1 aromatic heterocycles. The van der Waals surface area contributed by atoms with E-state index in [1.807, 2.05) is 36.6 Å². The summed E-state index contributed by atoms with van der Waals surface area (Å²) >= 11 is 7.57. The molecular formula is C22H25ClN4OS. The Bertz CT molecular complexity index is 985. The maximum absolute atomic E-state index is 12.4. The summed E-state index contributed by atoms with van der Waals surface area (Å²) in [4.78, 5) is 12.4. The molecule has 7 heteroatoms. The van der Waals surface area contributed by atoms with Crippen LogP contribution < -0.4 is 5.32 Å². The van der Waals surface area contributed by atoms with Crippen LogP contribution in [0.2, 0.25) is 5.02 Å². The van der Waals surface area contributed by atoms with Crippen molar-refractivity contribution < 1.29 is 4.79 Å². The minimum Gasteiger partial charge on any atom is -0.349 e. The Morgan fingerprint density at radius 1 is 1.14 bits per heavy atom. The van der Waals surface area contributed by atoms with Crippen LogP contribution in [0, 0.1) is 6.92 Å². The number of aryl methyl sites for hydroxylation is 1. The lowest BCUT2D eigenvalue weighted by molar-refractivity contribution is -0.119. The number of carbonyl (C=O) groups excluding carboxylic acids is 1. The molecular weight excluding hydrogens is 404 g/mol. The smallest absolute Gasteiger partial charge is 0.230 e. The molecule has 152 valence electrons. The third-order valence-corrected chi connectivity index (χ3v) is 6.11. The predicted molar refractivity (Wildman–Crippen MR) is 119 cm³/mol. The van der Waals surface area contributed by atoms with E-state index in [-0.39, 0.29) is 17.7 Å². The maximum Gasteiger partial charge on any atom is 0.230 e. The Morgan fingerprint density at radius 3 is 2.48 bits per heavy atom. The number of hydrogen-bond donors (Lipinski definition) is 1. The molecule has 0 saturated heterocycles. The summed E-state index contributed by atoms with van der Waals surface area (Å²) < 4.78 is 1.83. The topological polar surface area (TPSA) is 59.8 Å². The van der Waals surface area contributed by atoms with Gasteiger partial charge >= 0.3 is 0 Å². The third kappa shape index (κ3) is 5.40. The van der Waals surface area contributed by atoms with Gasteiger partial charge in [-0.25, -0.2) is 0 Å². The Morgan fingerprint density at radius 2 is 1.83 bits per heavy atom. The number of nitrogens with zero attached hydrogens (tertiary/aromatic N) is 3. The van der Waals surface area contributed by atoms with Crippen LogP contribution in [0.25, 0.3) is 5.69 Å². The van der Waals surface area contributed by atoms with E-state index in [9.17, 15) is 4.79 Å². The quantitative estimate of drug-likeness (QED) is 0.517. The first-order valence-electron chi connectivity index (χ1n) is 9.53. The zero-order valence-corrected chi connectivity index (χ0v) is 18.6. The van der Waals surface area contributed by atoms with Gasteiger partial charge in [0, 0.05) is 5.02 Å². The van der Waals surface area contributed by atoms with E-state index in [2.05, 4.69) is 53.6 Å². The Kier molecular flexibility index (Phi) is 6.98. The normalized spacial score (nSPS) is 12.2. The van der Waals surface area contributed by atoms with Gasteiger partial charge in [-0.15, -0.1) is 10.2 Å². The van der Waals surface area contributed by atoms with E-state index < -0.39 is 0 Å². The van der Waals surface area contributed by atoms with Crippen molar-refractivity contribution in [2.45, 2.75) is 44.8 Å². The molecule has 29 heavy (non-hydrogen) atoms. The highest BCUT2D eigenvalue weighted by Crippen LogP contribution is 2.24. The Hall–Kier alpha value is -2.31. The van der Waals surface area contributed by atoms with Crippen molar-refractivity contribution in [3.05, 3.63) is 70.5 Å². The average Bonchev–Trinajstić information content (AvgIpc) is 3.17. The van der Waals surface area contributed by atoms with Crippen molar-refractivity contribution in [1.29, 1.82) is 0 Å². The number of hydrogen-bond acceptors (Lipinski definition) is 4. The van der Waals surface area contributed by atoms with Gasteiger partial charge in [0.2, 0.25) is 5.91 Å². The average molecular weight is 429 g/mol. The lowest BCUT2D eigenvalue weighted by Gasteiger charge is -2.15. The van der Waals surface area contributed by atoms with Gasteiger partial charge in [0.25, 0.3) is 0 Å². The summed E-state index contributed by atoms with van der Waals surface area (Å²) in [5, 5.41) is 12.5. The Labute approximate surface area is 180 Å². The van der Waals surface area contributed by atoms with Gasteiger partial charge in [-0.1, -0.05) is 67.5 Å². The molecule has 5 nitrogen and oxygen atoms in total. The summed E-state index contributed by atoms with van der Waals surface area (Å²) in [5.41, 5.74) is 4.25. The van der Waals surface area contributed by atoms with Gasteiger partial charge < -0.3 is 5.32 Å². The van der Waals surface area contributed by atoms with Crippen LogP contribution in [0.4, 0.5) is 0 Å². The van der Waals surface area contributed by atoms with Crippen molar-refractivity contribution in [3.8, 4) is 5.69 Å². The van der Waals surface area contributed by atoms with Gasteiger partial charge in [-0.2, -0.15) is 0 Å². The Balaban J connectivity index is 1.60. The summed E-state index contributed by atoms with van der Waals surface area (Å²) in [5.74, 6) is 0.699. The second kappa shape index (κ2) is 9.46. The molecule has 1 atom stereocenters. The number of amides is 1. The van der Waals surface area contributed by atoms with Crippen LogP contribution in [-0.2, 0) is 4.79 Å². The molecule has 0 spiro atoms. The summed E-state index contributed by atoms with van der Waals surface area (Å²) in [7, 11) is 0. The van der Waals surface area contributed by atoms with E-state index in [0.717, 1.165) is 16.8 Å². The monoisotopic (exact) mass is 428 g/mol. The molecule has 1 unspecified atom stereocenters. The van der Waals surface area contributed by atoms with Crippen molar-refractivity contribution in [2.75, 3.05) is 5.75 Å². The summed E-state index contributed by atoms with van der Waals surface area (Å²) in [6, 6.07) is 14.1. The minimum atomic E-state index is -0.0573. The van der Waals surface area contributed by atoms with E-state index in [0.29, 0.717) is 16.1 Å². The number of halogens is 1. The molecule has 2 aromatic carbocycles. The lowest BCUT2D eigenvalue weighted by atomic mass is 10.00. The van der Waals surface area contributed by atoms with Crippen molar-refractivity contribution in [1.82, 2.24) is 20.1 Å². The van der Waals surface area contributed by atoms with Gasteiger partial charge in [-0.3, -0.25) is 9.36 Å². The van der Waals surface area contributed by atoms with Crippen molar-refractivity contribution in [3.63, 3.8) is 0 Å². The van der Waals surface area contributed by atoms with Gasteiger partial charge in [0.15, 0.2) is 5.16 Å². The van der Waals surface area contributed by atoms with Gasteiger partial charge in [0.05, 0.1) is 17.5 Å². The third-order valence-electron chi connectivity index (χ3n) is 4.76. The number of carbonyl (C=O) groups is 1. The van der Waals surface area contributed by atoms with Crippen LogP contribution in [0.5, 0.6) is 0 Å². The van der Waals surface area contributed by atoms with Crippen molar-refractivity contribution >= 4 is 29.3 Å². The molecule has 0 aliphatic carbocycles. The van der Waals surface area contributed by atoms with E-state index in [4.69, 9.17) is 11.6 Å². The zero-order chi connectivity index (χ0) is 21.0. The highest BCUT2D eigenvalue weighted by Gasteiger charge is 2.14. The zero-order valence-electron chi connectivity index (χ0n) is 17.0. The number of thioether (sulfide) groups is 1. The number of benzene rings is 2. The fourth-order valence-corrected chi connectivity index (χ4v) is 3.81. The second-order valence-corrected chi connectivity index (χ2v) is 8.67. The fraction of sp³-hybridized carbons (Fsp3) is 0.318. The molecule has 0 bridgehead atoms. The van der Waals surface area contributed by atoms with Crippen LogP contribution in [0.15, 0.2) is 53.9 Å². The van der Waals surface area contributed by atoms with Crippen LogP contribution in [0.3, 0.4) is 0 Å². The number of rotatable bonds is 7. The second-order valence-electron chi connectivity index (χ2n) is 7.32. The molecule has 0 aliphatic heterocycles. The molecule has 0 saturated carbocycles. The van der Waals surface area contributed by atoms with Gasteiger partial charge in [0.1, 0.15) is 6.33 Å². The molecule has 3 aromatic rings. The molecule has 0 fully saturated rings. The van der Waals surface area contributed by atoms with Crippen LogP contribution in [-0.4, -0.2) is 26.4 Å². The first-order valence-corrected chi connectivity index (χ1v) is 10.9. The SMILES string of the molecule is Cc1ccc(-n2cnnc2SCC(=O)NC(C)c2ccc(C(C)C)cc2)cc1Cl. The first kappa shape index (κ1) is 21.4. The molecule has 1 N–H and O–H groups in total. The molecule has 1 amide bonds. The molecule has 0 radical (unpaired) electrons. The standard InChI is InChI=1S/C22H25ClN4OS/c1-14(2)17-6-8-18(9-7-17)16(4)25-21(28)12-29-22-26-24-13-27(22)19-10-5-15(3)20(23)11-19/h5-11,13-14,16H,12H2,1-4H3,(H,25,28). The van der Waals surface area contributed by atoms with Crippen LogP contribution >= 0.6 is 23.4 Å². The molecule has 0 aliphatic rings. The van der Waals surface area contributed by atoms with E-state index in [1.54, 1.807) is 6.33 Å². The molecule has 3 rings (SSSR count). The highest BCUT2D eigenvalue weighted by atomic mass is 35.5. The highest BCUT2D eigenvalue weighted by molar-refractivity contribution is 7.99. The maximum atomic E-state index is 12.4. The fourth-order valence-electron chi connectivity index (χ4n) is 2.90. The summed E-state index contributed by atoms with van der Waals surface area (Å²) in [6.07, 6.45) is 1.63. The van der Waals surface area contributed by atoms with E-state index in [1.165, 1.54) is 17.3 Å². The minimum absolute atomic E-state index is 0.0491. The number of aromatic nitrogens is 3. The number of nitrogens with one attached hydrogen (secondary N) is 1. The predicted octanol–water partition coefficient (Wildman–Crippen LogP) is 5.32. The largest absolute Gasteiger partial charge is 0.349 e.